The Morgan fingerprint density at radius 1 is 1.16 bits per heavy atom. The molecule has 1 saturated carbocycles. The largest absolute Gasteiger partial charge is 0.393 e. The summed E-state index contributed by atoms with van der Waals surface area (Å²) in [6.45, 7) is 7.53. The lowest BCUT2D eigenvalue weighted by molar-refractivity contribution is -0.0188. The Labute approximate surface area is 120 Å². The normalized spacial score (nSPS) is 29.7. The highest BCUT2D eigenvalue weighted by Crippen LogP contribution is 2.44. The van der Waals surface area contributed by atoms with Gasteiger partial charge in [0.15, 0.2) is 0 Å². The second-order valence-electron chi connectivity index (χ2n) is 7.01. The third-order valence-corrected chi connectivity index (χ3v) is 5.41. The zero-order valence-corrected chi connectivity index (χ0v) is 13.3. The molecule has 3 N–H and O–H groups in total. The summed E-state index contributed by atoms with van der Waals surface area (Å²) in [6.07, 6.45) is 10.5. The first-order valence-corrected chi connectivity index (χ1v) is 8.44. The fourth-order valence-corrected chi connectivity index (χ4v) is 3.63. The molecule has 0 aromatic heterocycles. The van der Waals surface area contributed by atoms with Crippen molar-refractivity contribution < 1.29 is 5.11 Å². The SMILES string of the molecule is CCCCCCC(O)C1(CN)CCC(C(C)C)CC1. The van der Waals surface area contributed by atoms with Crippen LogP contribution in [-0.2, 0) is 0 Å². The van der Waals surface area contributed by atoms with Crippen LogP contribution in [-0.4, -0.2) is 17.8 Å². The summed E-state index contributed by atoms with van der Waals surface area (Å²) < 4.78 is 0. The van der Waals surface area contributed by atoms with Crippen molar-refractivity contribution in [3.63, 3.8) is 0 Å². The lowest BCUT2D eigenvalue weighted by atomic mass is 9.64. The Kier molecular flexibility index (Phi) is 7.38. The molecule has 1 fully saturated rings. The number of hydrogen-bond acceptors (Lipinski definition) is 2. The Balaban J connectivity index is 2.43. The van der Waals surface area contributed by atoms with E-state index in [9.17, 15) is 5.11 Å². The van der Waals surface area contributed by atoms with Crippen LogP contribution in [0, 0.1) is 17.3 Å². The molecule has 0 amide bonds. The van der Waals surface area contributed by atoms with E-state index in [1.54, 1.807) is 0 Å². The molecule has 1 atom stereocenters. The van der Waals surface area contributed by atoms with Crippen LogP contribution in [0.5, 0.6) is 0 Å². The number of hydrogen-bond donors (Lipinski definition) is 2. The van der Waals surface area contributed by atoms with Crippen LogP contribution in [0.15, 0.2) is 0 Å². The van der Waals surface area contributed by atoms with Gasteiger partial charge in [-0.15, -0.1) is 0 Å². The number of aliphatic hydroxyl groups excluding tert-OH is 1. The molecule has 2 heteroatoms. The third-order valence-electron chi connectivity index (χ3n) is 5.41. The molecule has 0 aromatic rings. The maximum Gasteiger partial charge on any atom is 0.0608 e. The molecule has 0 radical (unpaired) electrons. The highest BCUT2D eigenvalue weighted by molar-refractivity contribution is 4.92. The zero-order valence-electron chi connectivity index (χ0n) is 13.3. The molecule has 1 aliphatic rings. The van der Waals surface area contributed by atoms with Gasteiger partial charge in [0.1, 0.15) is 0 Å². The van der Waals surface area contributed by atoms with Crippen LogP contribution in [0.3, 0.4) is 0 Å². The summed E-state index contributed by atoms with van der Waals surface area (Å²) in [6, 6.07) is 0. The topological polar surface area (TPSA) is 46.2 Å². The number of nitrogens with two attached hydrogens (primary N) is 1. The minimum Gasteiger partial charge on any atom is -0.393 e. The predicted molar refractivity (Wildman–Crippen MR) is 83.0 cm³/mol. The Bertz CT molecular complexity index is 231. The Hall–Kier alpha value is -0.0800. The molecule has 0 spiro atoms. The van der Waals surface area contributed by atoms with Gasteiger partial charge in [-0.2, -0.15) is 0 Å². The van der Waals surface area contributed by atoms with Crippen LogP contribution in [0.4, 0.5) is 0 Å². The van der Waals surface area contributed by atoms with Crippen molar-refractivity contribution in [2.45, 2.75) is 84.7 Å². The molecule has 0 bridgehead atoms. The van der Waals surface area contributed by atoms with Crippen molar-refractivity contribution >= 4 is 0 Å². The molecule has 2 nitrogen and oxygen atoms in total. The summed E-state index contributed by atoms with van der Waals surface area (Å²) in [4.78, 5) is 0. The minimum absolute atomic E-state index is 0.0254. The van der Waals surface area contributed by atoms with E-state index in [1.165, 1.54) is 32.1 Å². The van der Waals surface area contributed by atoms with Gasteiger partial charge in [0.25, 0.3) is 0 Å². The molecule has 0 aliphatic heterocycles. The minimum atomic E-state index is -0.178. The average Bonchev–Trinajstić information content (AvgIpc) is 2.43. The molecule has 114 valence electrons. The first-order valence-electron chi connectivity index (χ1n) is 8.44. The molecule has 1 aliphatic carbocycles. The quantitative estimate of drug-likeness (QED) is 0.651. The highest BCUT2D eigenvalue weighted by Gasteiger charge is 2.40. The number of unbranched alkanes of at least 4 members (excludes halogenated alkanes) is 3. The Morgan fingerprint density at radius 2 is 1.79 bits per heavy atom. The van der Waals surface area contributed by atoms with Crippen molar-refractivity contribution in [3.05, 3.63) is 0 Å². The standard InChI is InChI=1S/C17H35NO/c1-4-5-6-7-8-16(19)17(13-18)11-9-15(10-12-17)14(2)3/h14-16,19H,4-13,18H2,1-3H3. The lowest BCUT2D eigenvalue weighted by Crippen LogP contribution is -2.45. The van der Waals surface area contributed by atoms with Gasteiger partial charge >= 0.3 is 0 Å². The fraction of sp³-hybridized carbons (Fsp3) is 1.00. The molecule has 19 heavy (non-hydrogen) atoms. The van der Waals surface area contributed by atoms with Crippen molar-refractivity contribution in [1.82, 2.24) is 0 Å². The molecule has 0 saturated heterocycles. The van der Waals surface area contributed by atoms with E-state index in [0.29, 0.717) is 6.54 Å². The maximum atomic E-state index is 10.6. The van der Waals surface area contributed by atoms with Crippen molar-refractivity contribution in [2.24, 2.45) is 23.0 Å². The van der Waals surface area contributed by atoms with Gasteiger partial charge in [-0.05, 0) is 43.9 Å². The Morgan fingerprint density at radius 3 is 2.26 bits per heavy atom. The summed E-state index contributed by atoms with van der Waals surface area (Å²) in [5.41, 5.74) is 6.06. The van der Waals surface area contributed by atoms with Gasteiger partial charge in [0.2, 0.25) is 0 Å². The van der Waals surface area contributed by atoms with E-state index >= 15 is 0 Å². The summed E-state index contributed by atoms with van der Waals surface area (Å²) in [7, 11) is 0. The monoisotopic (exact) mass is 269 g/mol. The summed E-state index contributed by atoms with van der Waals surface area (Å²) >= 11 is 0. The second-order valence-corrected chi connectivity index (χ2v) is 7.01. The summed E-state index contributed by atoms with van der Waals surface area (Å²) in [5.74, 6) is 1.62. The van der Waals surface area contributed by atoms with E-state index in [2.05, 4.69) is 20.8 Å². The average molecular weight is 269 g/mol. The number of rotatable bonds is 8. The van der Waals surface area contributed by atoms with Crippen molar-refractivity contribution in [2.75, 3.05) is 6.54 Å². The van der Waals surface area contributed by atoms with Crippen LogP contribution in [0.1, 0.15) is 78.6 Å². The summed E-state index contributed by atoms with van der Waals surface area (Å²) in [5, 5.41) is 10.6. The van der Waals surface area contributed by atoms with Gasteiger partial charge in [-0.3, -0.25) is 0 Å². The highest BCUT2D eigenvalue weighted by atomic mass is 16.3. The molecule has 1 unspecified atom stereocenters. The molecule has 0 aromatic carbocycles. The fourth-order valence-electron chi connectivity index (χ4n) is 3.63. The van der Waals surface area contributed by atoms with E-state index in [1.807, 2.05) is 0 Å². The lowest BCUT2D eigenvalue weighted by Gasteiger charge is -2.44. The molecular weight excluding hydrogens is 234 g/mol. The first kappa shape index (κ1) is 17.0. The van der Waals surface area contributed by atoms with Crippen LogP contribution in [0.2, 0.25) is 0 Å². The smallest absolute Gasteiger partial charge is 0.0608 e. The van der Waals surface area contributed by atoms with E-state index in [4.69, 9.17) is 5.73 Å². The first-order chi connectivity index (χ1) is 9.05. The third kappa shape index (κ3) is 4.75. The van der Waals surface area contributed by atoms with E-state index in [0.717, 1.165) is 37.5 Å². The maximum absolute atomic E-state index is 10.6. The van der Waals surface area contributed by atoms with Crippen LogP contribution < -0.4 is 5.73 Å². The molecular formula is C17H35NO. The van der Waals surface area contributed by atoms with E-state index < -0.39 is 0 Å². The van der Waals surface area contributed by atoms with Gasteiger partial charge in [-0.25, -0.2) is 0 Å². The molecule has 1 rings (SSSR count). The van der Waals surface area contributed by atoms with Gasteiger partial charge in [-0.1, -0.05) is 46.5 Å². The van der Waals surface area contributed by atoms with Gasteiger partial charge in [0.05, 0.1) is 6.10 Å². The van der Waals surface area contributed by atoms with Crippen molar-refractivity contribution in [1.29, 1.82) is 0 Å². The van der Waals surface area contributed by atoms with Crippen LogP contribution >= 0.6 is 0 Å². The van der Waals surface area contributed by atoms with Gasteiger partial charge in [0, 0.05) is 12.0 Å². The van der Waals surface area contributed by atoms with Gasteiger partial charge < -0.3 is 10.8 Å². The zero-order chi connectivity index (χ0) is 14.3. The number of aliphatic hydroxyl groups is 1. The van der Waals surface area contributed by atoms with Crippen LogP contribution in [0.25, 0.3) is 0 Å². The molecule has 0 heterocycles. The van der Waals surface area contributed by atoms with Crippen molar-refractivity contribution in [3.8, 4) is 0 Å². The predicted octanol–water partition coefficient (Wildman–Crippen LogP) is 4.11. The van der Waals surface area contributed by atoms with E-state index in [-0.39, 0.29) is 11.5 Å². The second kappa shape index (κ2) is 8.26.